The third-order valence-corrected chi connectivity index (χ3v) is 5.24. The lowest BCUT2D eigenvalue weighted by Gasteiger charge is -2.34. The molecule has 0 unspecified atom stereocenters. The first-order valence-corrected chi connectivity index (χ1v) is 9.72. The van der Waals surface area contributed by atoms with Crippen LogP contribution in [0.4, 0.5) is 5.95 Å². The minimum absolute atomic E-state index is 0.0300. The van der Waals surface area contributed by atoms with Gasteiger partial charge in [0.15, 0.2) is 0 Å². The quantitative estimate of drug-likeness (QED) is 0.743. The molecule has 1 atom stereocenters. The molecule has 0 radical (unpaired) electrons. The largest absolute Gasteiger partial charge is 0.348 e. The molecule has 144 valence electrons. The third kappa shape index (κ3) is 4.12. The molecule has 3 aromatic rings. The van der Waals surface area contributed by atoms with E-state index in [1.54, 1.807) is 12.4 Å². The Morgan fingerprint density at radius 3 is 2.50 bits per heavy atom. The van der Waals surface area contributed by atoms with E-state index in [-0.39, 0.29) is 11.9 Å². The molecular formula is C22H25N5O. The molecule has 2 aromatic carbocycles. The lowest BCUT2D eigenvalue weighted by Crippen LogP contribution is -2.50. The highest BCUT2D eigenvalue weighted by Crippen LogP contribution is 2.24. The number of benzene rings is 2. The van der Waals surface area contributed by atoms with E-state index < -0.39 is 0 Å². The Morgan fingerprint density at radius 1 is 1.00 bits per heavy atom. The van der Waals surface area contributed by atoms with Gasteiger partial charge in [0, 0.05) is 38.6 Å². The highest BCUT2D eigenvalue weighted by Gasteiger charge is 2.21. The fraction of sp³-hybridized carbons (Fsp3) is 0.318. The Balaban J connectivity index is 1.32. The van der Waals surface area contributed by atoms with Crippen molar-refractivity contribution in [3.8, 4) is 0 Å². The van der Waals surface area contributed by atoms with Gasteiger partial charge in [0.2, 0.25) is 11.9 Å². The average molecular weight is 375 g/mol. The second kappa shape index (κ2) is 8.35. The summed E-state index contributed by atoms with van der Waals surface area (Å²) < 4.78 is 0. The number of hydrogen-bond donors (Lipinski definition) is 1. The average Bonchev–Trinajstić information content (AvgIpc) is 2.74. The van der Waals surface area contributed by atoms with E-state index in [4.69, 9.17) is 0 Å². The molecule has 2 heterocycles. The van der Waals surface area contributed by atoms with Gasteiger partial charge >= 0.3 is 0 Å². The second-order valence-corrected chi connectivity index (χ2v) is 7.17. The van der Waals surface area contributed by atoms with Gasteiger partial charge in [0.1, 0.15) is 0 Å². The first kappa shape index (κ1) is 18.4. The second-order valence-electron chi connectivity index (χ2n) is 7.17. The van der Waals surface area contributed by atoms with E-state index in [2.05, 4.69) is 49.4 Å². The molecule has 4 rings (SSSR count). The van der Waals surface area contributed by atoms with Gasteiger partial charge in [-0.3, -0.25) is 9.69 Å². The molecule has 6 nitrogen and oxygen atoms in total. The molecule has 1 aliphatic rings. The van der Waals surface area contributed by atoms with Crippen molar-refractivity contribution in [2.75, 3.05) is 37.6 Å². The molecule has 1 fully saturated rings. The fourth-order valence-corrected chi connectivity index (χ4v) is 3.76. The Bertz CT molecular complexity index is 933. The minimum Gasteiger partial charge on any atom is -0.348 e. The zero-order valence-electron chi connectivity index (χ0n) is 16.1. The highest BCUT2D eigenvalue weighted by molar-refractivity contribution is 5.87. The van der Waals surface area contributed by atoms with Crippen molar-refractivity contribution in [1.29, 1.82) is 0 Å². The summed E-state index contributed by atoms with van der Waals surface area (Å²) in [5.41, 5.74) is 1.15. The minimum atomic E-state index is -0.0300. The molecule has 1 aromatic heterocycles. The van der Waals surface area contributed by atoms with Crippen LogP contribution in [0.1, 0.15) is 18.5 Å². The van der Waals surface area contributed by atoms with Gasteiger partial charge in [0.25, 0.3) is 0 Å². The molecule has 1 saturated heterocycles. The number of nitrogens with zero attached hydrogens (tertiary/aromatic N) is 4. The Kier molecular flexibility index (Phi) is 5.48. The van der Waals surface area contributed by atoms with Gasteiger partial charge in [-0.1, -0.05) is 42.5 Å². The number of fused-ring (bicyclic) bond motifs is 1. The lowest BCUT2D eigenvalue weighted by atomic mass is 10.00. The van der Waals surface area contributed by atoms with Crippen molar-refractivity contribution >= 4 is 22.6 Å². The van der Waals surface area contributed by atoms with Crippen LogP contribution in [0.15, 0.2) is 60.9 Å². The Hall–Kier alpha value is -2.99. The van der Waals surface area contributed by atoms with E-state index in [0.717, 1.165) is 37.7 Å². The summed E-state index contributed by atoms with van der Waals surface area (Å²) in [6.45, 7) is 5.78. The van der Waals surface area contributed by atoms with Crippen molar-refractivity contribution in [2.24, 2.45) is 0 Å². The number of rotatable bonds is 5. The monoisotopic (exact) mass is 375 g/mol. The zero-order valence-corrected chi connectivity index (χ0v) is 16.1. The predicted octanol–water partition coefficient (Wildman–Crippen LogP) is 2.63. The predicted molar refractivity (Wildman–Crippen MR) is 111 cm³/mol. The number of piperazine rings is 1. The van der Waals surface area contributed by atoms with Gasteiger partial charge in [-0.2, -0.15) is 0 Å². The smallest absolute Gasteiger partial charge is 0.234 e. The van der Waals surface area contributed by atoms with Crippen molar-refractivity contribution in [3.05, 3.63) is 66.5 Å². The molecule has 1 amide bonds. The van der Waals surface area contributed by atoms with Gasteiger partial charge in [0.05, 0.1) is 12.6 Å². The summed E-state index contributed by atoms with van der Waals surface area (Å²) in [5, 5.41) is 5.54. The van der Waals surface area contributed by atoms with E-state index in [1.165, 1.54) is 10.8 Å². The highest BCUT2D eigenvalue weighted by atomic mass is 16.2. The molecule has 0 bridgehead atoms. The maximum absolute atomic E-state index is 12.6. The molecule has 6 heteroatoms. The molecule has 1 aliphatic heterocycles. The Labute approximate surface area is 165 Å². The van der Waals surface area contributed by atoms with E-state index >= 15 is 0 Å². The van der Waals surface area contributed by atoms with Crippen molar-refractivity contribution in [2.45, 2.75) is 13.0 Å². The fourth-order valence-electron chi connectivity index (χ4n) is 3.76. The van der Waals surface area contributed by atoms with E-state index in [1.807, 2.05) is 31.2 Å². The lowest BCUT2D eigenvalue weighted by molar-refractivity contribution is -0.123. The first-order valence-electron chi connectivity index (χ1n) is 9.72. The SMILES string of the molecule is C[C@H](NC(=O)CN1CCN(c2ncccn2)CC1)c1cccc2ccccc12. The molecule has 28 heavy (non-hydrogen) atoms. The summed E-state index contributed by atoms with van der Waals surface area (Å²) in [5.74, 6) is 0.820. The van der Waals surface area contributed by atoms with Crippen molar-refractivity contribution in [3.63, 3.8) is 0 Å². The summed E-state index contributed by atoms with van der Waals surface area (Å²) in [6, 6.07) is 16.3. The zero-order chi connectivity index (χ0) is 19.3. The van der Waals surface area contributed by atoms with Crippen LogP contribution < -0.4 is 10.2 Å². The van der Waals surface area contributed by atoms with Crippen LogP contribution in [0.2, 0.25) is 0 Å². The van der Waals surface area contributed by atoms with Crippen LogP contribution in [0, 0.1) is 0 Å². The molecular weight excluding hydrogens is 350 g/mol. The first-order chi connectivity index (χ1) is 13.7. The van der Waals surface area contributed by atoms with Crippen LogP contribution in [0.5, 0.6) is 0 Å². The van der Waals surface area contributed by atoms with Gasteiger partial charge in [-0.25, -0.2) is 9.97 Å². The number of carbonyl (C=O) groups is 1. The topological polar surface area (TPSA) is 61.4 Å². The van der Waals surface area contributed by atoms with E-state index in [0.29, 0.717) is 6.54 Å². The van der Waals surface area contributed by atoms with Crippen LogP contribution in [0.25, 0.3) is 10.8 Å². The number of nitrogens with one attached hydrogen (secondary N) is 1. The standard InChI is InChI=1S/C22H25N5O/c1-17(19-9-4-7-18-6-2-3-8-20(18)19)25-21(28)16-26-12-14-27(15-13-26)22-23-10-5-11-24-22/h2-11,17H,12-16H2,1H3,(H,25,28)/t17-/m0/s1. The van der Waals surface area contributed by atoms with Crippen LogP contribution >= 0.6 is 0 Å². The number of carbonyl (C=O) groups excluding carboxylic acids is 1. The number of anilines is 1. The van der Waals surface area contributed by atoms with Gasteiger partial charge in [-0.05, 0) is 29.3 Å². The maximum Gasteiger partial charge on any atom is 0.234 e. The normalized spacial score (nSPS) is 16.1. The van der Waals surface area contributed by atoms with Crippen molar-refractivity contribution in [1.82, 2.24) is 20.2 Å². The van der Waals surface area contributed by atoms with E-state index in [9.17, 15) is 4.79 Å². The van der Waals surface area contributed by atoms with Gasteiger partial charge in [-0.15, -0.1) is 0 Å². The molecule has 1 N–H and O–H groups in total. The summed E-state index contributed by atoms with van der Waals surface area (Å²) in [6.07, 6.45) is 3.52. The molecule has 0 aliphatic carbocycles. The van der Waals surface area contributed by atoms with Crippen molar-refractivity contribution < 1.29 is 4.79 Å². The van der Waals surface area contributed by atoms with Crippen LogP contribution in [0.3, 0.4) is 0 Å². The number of hydrogen-bond acceptors (Lipinski definition) is 5. The molecule has 0 saturated carbocycles. The third-order valence-electron chi connectivity index (χ3n) is 5.24. The molecule has 0 spiro atoms. The summed E-state index contributed by atoms with van der Waals surface area (Å²) in [7, 11) is 0. The Morgan fingerprint density at radius 2 is 1.71 bits per heavy atom. The number of amides is 1. The maximum atomic E-state index is 12.6. The van der Waals surface area contributed by atoms with Crippen LogP contribution in [-0.4, -0.2) is 53.5 Å². The summed E-state index contributed by atoms with van der Waals surface area (Å²) >= 11 is 0. The summed E-state index contributed by atoms with van der Waals surface area (Å²) in [4.78, 5) is 25.5. The number of aromatic nitrogens is 2. The van der Waals surface area contributed by atoms with Crippen LogP contribution in [-0.2, 0) is 4.79 Å². The van der Waals surface area contributed by atoms with Gasteiger partial charge < -0.3 is 10.2 Å².